The van der Waals surface area contributed by atoms with Gasteiger partial charge in [-0.05, 0) is 45.4 Å². The monoisotopic (exact) mass is 465 g/mol. The van der Waals surface area contributed by atoms with Crippen LogP contribution < -0.4 is 10.6 Å². The minimum absolute atomic E-state index is 0.0910. The molecule has 0 saturated heterocycles. The zero-order valence-electron chi connectivity index (χ0n) is 18.0. The lowest BCUT2D eigenvalue weighted by Crippen LogP contribution is -2.45. The van der Waals surface area contributed by atoms with Crippen LogP contribution in [0.3, 0.4) is 0 Å². The molecule has 32 heavy (non-hydrogen) atoms. The summed E-state index contributed by atoms with van der Waals surface area (Å²) >= 11 is 0. The summed E-state index contributed by atoms with van der Waals surface area (Å²) in [5.74, 6) is -3.25. The van der Waals surface area contributed by atoms with Gasteiger partial charge in [0, 0.05) is 17.4 Å². The van der Waals surface area contributed by atoms with E-state index in [1.807, 2.05) is 0 Å². The van der Waals surface area contributed by atoms with Gasteiger partial charge < -0.3 is 10.6 Å². The van der Waals surface area contributed by atoms with E-state index in [4.69, 9.17) is 6.42 Å². The van der Waals surface area contributed by atoms with Gasteiger partial charge in [-0.25, -0.2) is 21.2 Å². The molecule has 0 aliphatic heterocycles. The molecule has 1 aromatic carbocycles. The molecule has 2 amide bonds. The molecule has 0 unspecified atom stereocenters. The third-order valence-electron chi connectivity index (χ3n) is 4.54. The van der Waals surface area contributed by atoms with E-state index < -0.39 is 50.5 Å². The number of aromatic nitrogens is 1. The predicted molar refractivity (Wildman–Crippen MR) is 114 cm³/mol. The average Bonchev–Trinajstić information content (AvgIpc) is 2.94. The number of amides is 2. The maximum absolute atomic E-state index is 13.5. The molecule has 1 heterocycles. The number of anilines is 1. The Morgan fingerprint density at radius 1 is 1.12 bits per heavy atom. The lowest BCUT2D eigenvalue weighted by molar-refractivity contribution is -0.118. The van der Waals surface area contributed by atoms with E-state index >= 15 is 0 Å². The summed E-state index contributed by atoms with van der Waals surface area (Å²) in [4.78, 5) is 38.1. The summed E-state index contributed by atoms with van der Waals surface area (Å²) in [7, 11) is -4.11. The average molecular weight is 465 g/mol. The SMILES string of the molecule is C#CC(C)(C)NC(=O)C(=O)c1c(C)c(C(=O)Nc2ccc(F)c(F)c2)n(S(C)(=O)=O)c1C. The van der Waals surface area contributed by atoms with E-state index in [-0.39, 0.29) is 22.5 Å². The summed E-state index contributed by atoms with van der Waals surface area (Å²) in [6.07, 6.45) is 6.12. The van der Waals surface area contributed by atoms with E-state index in [0.717, 1.165) is 18.4 Å². The minimum Gasteiger partial charge on any atom is -0.333 e. The van der Waals surface area contributed by atoms with E-state index in [2.05, 4.69) is 16.6 Å². The maximum Gasteiger partial charge on any atom is 0.293 e. The topological polar surface area (TPSA) is 114 Å². The molecule has 0 bridgehead atoms. The third kappa shape index (κ3) is 4.86. The van der Waals surface area contributed by atoms with Crippen molar-refractivity contribution >= 4 is 33.3 Å². The molecule has 0 atom stereocenters. The smallest absolute Gasteiger partial charge is 0.293 e. The summed E-state index contributed by atoms with van der Waals surface area (Å²) < 4.78 is 52.0. The Kier molecular flexibility index (Phi) is 6.61. The number of Topliss-reactive ketones (excluding diaryl/α,β-unsaturated/α-hetero) is 1. The van der Waals surface area contributed by atoms with Crippen molar-refractivity contribution in [2.45, 2.75) is 33.2 Å². The number of ketones is 1. The van der Waals surface area contributed by atoms with Crippen molar-refractivity contribution in [3.8, 4) is 12.3 Å². The van der Waals surface area contributed by atoms with Gasteiger partial charge in [-0.1, -0.05) is 5.92 Å². The first-order chi connectivity index (χ1) is 14.6. The van der Waals surface area contributed by atoms with Gasteiger partial charge in [-0.15, -0.1) is 6.42 Å². The number of hydrogen-bond donors (Lipinski definition) is 2. The first-order valence-corrected chi connectivity index (χ1v) is 11.0. The van der Waals surface area contributed by atoms with Crippen LogP contribution in [0.5, 0.6) is 0 Å². The molecule has 8 nitrogen and oxygen atoms in total. The van der Waals surface area contributed by atoms with E-state index in [1.54, 1.807) is 0 Å². The van der Waals surface area contributed by atoms with Crippen molar-refractivity contribution in [1.82, 2.24) is 9.29 Å². The molecule has 2 N–H and O–H groups in total. The van der Waals surface area contributed by atoms with Gasteiger partial charge in [0.05, 0.1) is 17.4 Å². The van der Waals surface area contributed by atoms with E-state index in [0.29, 0.717) is 10.0 Å². The number of benzene rings is 1. The molecule has 11 heteroatoms. The minimum atomic E-state index is -4.11. The summed E-state index contributed by atoms with van der Waals surface area (Å²) in [6.45, 7) is 5.53. The number of hydrogen-bond acceptors (Lipinski definition) is 5. The van der Waals surface area contributed by atoms with Crippen LogP contribution >= 0.6 is 0 Å². The normalized spacial score (nSPS) is 11.6. The molecular formula is C21H21F2N3O5S. The van der Waals surface area contributed by atoms with Crippen molar-refractivity contribution in [3.05, 3.63) is 52.3 Å². The van der Waals surface area contributed by atoms with Crippen LogP contribution in [-0.4, -0.2) is 41.8 Å². The highest BCUT2D eigenvalue weighted by Crippen LogP contribution is 2.26. The molecule has 2 rings (SSSR count). The Bertz CT molecular complexity index is 1290. The Labute approximate surface area is 184 Å². The number of halogens is 2. The number of nitrogens with one attached hydrogen (secondary N) is 2. The Balaban J connectivity index is 2.60. The molecule has 1 aromatic heterocycles. The molecule has 0 fully saturated rings. The lowest BCUT2D eigenvalue weighted by atomic mass is 10.0. The van der Waals surface area contributed by atoms with Crippen molar-refractivity contribution in [3.63, 3.8) is 0 Å². The lowest BCUT2D eigenvalue weighted by Gasteiger charge is -2.18. The molecular weight excluding hydrogens is 444 g/mol. The van der Waals surface area contributed by atoms with Crippen molar-refractivity contribution in [1.29, 1.82) is 0 Å². The highest BCUT2D eigenvalue weighted by atomic mass is 32.2. The highest BCUT2D eigenvalue weighted by molar-refractivity contribution is 7.89. The summed E-state index contributed by atoms with van der Waals surface area (Å²) in [6, 6.07) is 2.57. The second-order valence-corrected chi connectivity index (χ2v) is 9.43. The van der Waals surface area contributed by atoms with Crippen LogP contribution in [0.25, 0.3) is 0 Å². The van der Waals surface area contributed by atoms with Gasteiger partial charge in [-0.2, -0.15) is 0 Å². The molecule has 0 saturated carbocycles. The van der Waals surface area contributed by atoms with E-state index in [1.165, 1.54) is 27.7 Å². The molecule has 0 spiro atoms. The fraction of sp³-hybridized carbons (Fsp3) is 0.286. The van der Waals surface area contributed by atoms with Crippen LogP contribution in [0, 0.1) is 37.8 Å². The second kappa shape index (κ2) is 8.55. The zero-order valence-corrected chi connectivity index (χ0v) is 18.8. The summed E-state index contributed by atoms with van der Waals surface area (Å²) in [5, 5.41) is 4.61. The quantitative estimate of drug-likeness (QED) is 0.386. The molecule has 170 valence electrons. The Morgan fingerprint density at radius 3 is 2.22 bits per heavy atom. The summed E-state index contributed by atoms with van der Waals surface area (Å²) in [5.41, 5.74) is -2.31. The zero-order chi connectivity index (χ0) is 24.6. The first-order valence-electron chi connectivity index (χ1n) is 9.14. The highest BCUT2D eigenvalue weighted by Gasteiger charge is 2.34. The predicted octanol–water partition coefficient (Wildman–Crippen LogP) is 2.15. The van der Waals surface area contributed by atoms with Crippen molar-refractivity contribution < 1.29 is 31.6 Å². The molecule has 0 radical (unpaired) electrons. The van der Waals surface area contributed by atoms with Gasteiger partial charge in [0.2, 0.25) is 10.0 Å². The fourth-order valence-corrected chi connectivity index (χ4v) is 4.22. The third-order valence-corrected chi connectivity index (χ3v) is 5.66. The first kappa shape index (κ1) is 24.7. The van der Waals surface area contributed by atoms with Crippen LogP contribution in [0.2, 0.25) is 0 Å². The second-order valence-electron chi connectivity index (χ2n) is 7.60. The fourth-order valence-electron chi connectivity index (χ4n) is 3.08. The molecule has 0 aliphatic carbocycles. The standard InChI is InChI=1S/C21H21F2N3O5S/c1-7-21(4,5)25-20(29)18(27)16-11(2)17(26(12(16)3)32(6,30)31)19(28)24-13-8-9-14(22)15(23)10-13/h1,8-10H,2-6H3,(H,24,28)(H,25,29). The van der Waals surface area contributed by atoms with Gasteiger partial charge in [0.15, 0.2) is 11.6 Å². The number of terminal acetylenes is 1. The molecule has 2 aromatic rings. The van der Waals surface area contributed by atoms with Crippen LogP contribution in [0.1, 0.15) is 46.0 Å². The Hall–Kier alpha value is -3.52. The van der Waals surface area contributed by atoms with Crippen LogP contribution in [0.15, 0.2) is 18.2 Å². The van der Waals surface area contributed by atoms with Crippen LogP contribution in [-0.2, 0) is 14.8 Å². The van der Waals surface area contributed by atoms with Crippen LogP contribution in [0.4, 0.5) is 14.5 Å². The number of carbonyl (C=O) groups is 3. The van der Waals surface area contributed by atoms with Gasteiger partial charge >= 0.3 is 0 Å². The van der Waals surface area contributed by atoms with Gasteiger partial charge in [0.25, 0.3) is 17.6 Å². The molecule has 0 aliphatic rings. The number of nitrogens with zero attached hydrogens (tertiary/aromatic N) is 1. The van der Waals surface area contributed by atoms with Crippen molar-refractivity contribution in [2.24, 2.45) is 0 Å². The maximum atomic E-state index is 13.5. The van der Waals surface area contributed by atoms with Crippen molar-refractivity contribution in [2.75, 3.05) is 11.6 Å². The Morgan fingerprint density at radius 2 is 1.72 bits per heavy atom. The largest absolute Gasteiger partial charge is 0.333 e. The number of rotatable bonds is 6. The van der Waals surface area contributed by atoms with Gasteiger partial charge in [0.1, 0.15) is 5.69 Å². The van der Waals surface area contributed by atoms with Gasteiger partial charge in [-0.3, -0.25) is 14.4 Å². The van der Waals surface area contributed by atoms with E-state index in [9.17, 15) is 31.6 Å². The number of carbonyl (C=O) groups excluding carboxylic acids is 3.